The molecule has 1 N–H and O–H groups in total. The number of carbonyl (C=O) groups is 2. The number of nitrogens with one attached hydrogen (secondary N) is 1. The van der Waals surface area contributed by atoms with Crippen LogP contribution < -0.4 is 19.2 Å². The van der Waals surface area contributed by atoms with E-state index in [-0.39, 0.29) is 4.87 Å². The van der Waals surface area contributed by atoms with E-state index in [4.69, 9.17) is 21.1 Å². The third-order valence-electron chi connectivity index (χ3n) is 6.76. The Morgan fingerprint density at radius 3 is 2.44 bits per heavy atom. The summed E-state index contributed by atoms with van der Waals surface area (Å²) in [4.78, 5) is 44.0. The molecule has 3 heterocycles. The monoisotopic (exact) mass is 582 g/mol. The third kappa shape index (κ3) is 4.62. The molecule has 39 heavy (non-hydrogen) atoms. The molecule has 2 amide bonds. The standard InChI is InChI=1S/C28H20ClFN2O5S2/c1-36-20-12-15(4-11-19(20)37-13-14-2-5-16(29)6-3-14)21-22-24(38-25-23(21)39-28(35)31-25)27(34)32(26(22)33)18-9-7-17(30)8-10-18/h2-12,21-22,24H,13H2,1H3,(H,31,35). The lowest BCUT2D eigenvalue weighted by molar-refractivity contribution is -0.122. The van der Waals surface area contributed by atoms with Gasteiger partial charge in [0.05, 0.1) is 23.7 Å². The number of ether oxygens (including phenoxy) is 2. The van der Waals surface area contributed by atoms with Crippen molar-refractivity contribution in [3.05, 3.63) is 103 Å². The summed E-state index contributed by atoms with van der Waals surface area (Å²) in [6.07, 6.45) is 0. The molecule has 1 fully saturated rings. The summed E-state index contributed by atoms with van der Waals surface area (Å²) >= 11 is 8.17. The number of thiazole rings is 1. The molecular weight excluding hydrogens is 563 g/mol. The van der Waals surface area contributed by atoms with E-state index < -0.39 is 34.7 Å². The van der Waals surface area contributed by atoms with Crippen molar-refractivity contribution < 1.29 is 23.5 Å². The third-order valence-corrected chi connectivity index (χ3v) is 9.42. The second-order valence-electron chi connectivity index (χ2n) is 9.06. The van der Waals surface area contributed by atoms with Gasteiger partial charge in [-0.3, -0.25) is 14.4 Å². The van der Waals surface area contributed by atoms with Gasteiger partial charge < -0.3 is 14.5 Å². The van der Waals surface area contributed by atoms with Gasteiger partial charge in [0.2, 0.25) is 11.8 Å². The highest BCUT2D eigenvalue weighted by molar-refractivity contribution is 8.00. The van der Waals surface area contributed by atoms with Gasteiger partial charge in [0.15, 0.2) is 11.5 Å². The van der Waals surface area contributed by atoms with Crippen molar-refractivity contribution in [3.8, 4) is 11.5 Å². The lowest BCUT2D eigenvalue weighted by Crippen LogP contribution is -2.32. The van der Waals surface area contributed by atoms with E-state index in [9.17, 15) is 18.8 Å². The topological polar surface area (TPSA) is 88.7 Å². The number of imide groups is 1. The van der Waals surface area contributed by atoms with Crippen molar-refractivity contribution in [1.29, 1.82) is 0 Å². The number of H-pyrrole nitrogens is 1. The molecule has 11 heteroatoms. The minimum atomic E-state index is -0.767. The number of fused-ring (bicyclic) bond motifs is 2. The fraction of sp³-hybridized carbons (Fsp3) is 0.179. The molecule has 2 aliphatic heterocycles. The average molecular weight is 583 g/mol. The lowest BCUT2D eigenvalue weighted by atomic mass is 9.83. The summed E-state index contributed by atoms with van der Waals surface area (Å²) < 4.78 is 25.2. The highest BCUT2D eigenvalue weighted by atomic mass is 35.5. The first-order chi connectivity index (χ1) is 18.8. The zero-order chi connectivity index (χ0) is 27.3. The minimum absolute atomic E-state index is 0.261. The molecular formula is C28H20ClFN2O5S2. The van der Waals surface area contributed by atoms with E-state index in [0.717, 1.165) is 21.8 Å². The van der Waals surface area contributed by atoms with Crippen LogP contribution in [0.15, 0.2) is 76.6 Å². The van der Waals surface area contributed by atoms with Crippen molar-refractivity contribution in [1.82, 2.24) is 4.98 Å². The van der Waals surface area contributed by atoms with Gasteiger partial charge in [0.25, 0.3) is 0 Å². The molecule has 0 aliphatic carbocycles. The van der Waals surface area contributed by atoms with E-state index in [0.29, 0.717) is 44.3 Å². The Hall–Kier alpha value is -3.60. The van der Waals surface area contributed by atoms with Crippen LogP contribution in [0.4, 0.5) is 10.1 Å². The van der Waals surface area contributed by atoms with Crippen LogP contribution in [0.3, 0.4) is 0 Å². The van der Waals surface area contributed by atoms with E-state index in [1.54, 1.807) is 24.3 Å². The molecule has 0 spiro atoms. The number of anilines is 1. The second-order valence-corrected chi connectivity index (χ2v) is 11.7. The highest BCUT2D eigenvalue weighted by Gasteiger charge is 2.56. The Kier molecular flexibility index (Phi) is 6.70. The minimum Gasteiger partial charge on any atom is -0.493 e. The van der Waals surface area contributed by atoms with Crippen LogP contribution in [0.25, 0.3) is 0 Å². The summed E-state index contributed by atoms with van der Waals surface area (Å²) in [5.74, 6) is -1.65. The number of thioether (sulfide) groups is 1. The van der Waals surface area contributed by atoms with Gasteiger partial charge in [-0.25, -0.2) is 9.29 Å². The van der Waals surface area contributed by atoms with Crippen LogP contribution in [0, 0.1) is 11.7 Å². The molecule has 1 aromatic heterocycles. The maximum Gasteiger partial charge on any atom is 0.305 e. The first-order valence-electron chi connectivity index (χ1n) is 11.9. The van der Waals surface area contributed by atoms with Gasteiger partial charge in [-0.1, -0.05) is 52.9 Å². The zero-order valence-corrected chi connectivity index (χ0v) is 22.7. The Labute approximate surface area is 235 Å². The van der Waals surface area contributed by atoms with Gasteiger partial charge in [-0.2, -0.15) is 0 Å². The number of rotatable bonds is 6. The van der Waals surface area contributed by atoms with Crippen molar-refractivity contribution in [3.63, 3.8) is 0 Å². The van der Waals surface area contributed by atoms with Crippen molar-refractivity contribution in [2.24, 2.45) is 5.92 Å². The fourth-order valence-electron chi connectivity index (χ4n) is 4.96. The molecule has 2 aliphatic rings. The Bertz CT molecular complexity index is 1640. The molecule has 3 aromatic carbocycles. The number of benzene rings is 3. The fourth-order valence-corrected chi connectivity index (χ4v) is 7.60. The summed E-state index contributed by atoms with van der Waals surface area (Å²) in [6, 6.07) is 17.9. The largest absolute Gasteiger partial charge is 0.493 e. The molecule has 7 nitrogen and oxygen atoms in total. The molecule has 6 rings (SSSR count). The maximum absolute atomic E-state index is 13.8. The van der Waals surface area contributed by atoms with Gasteiger partial charge in [-0.05, 0) is 59.7 Å². The van der Waals surface area contributed by atoms with Crippen LogP contribution in [-0.2, 0) is 16.2 Å². The number of aromatic amines is 1. The van der Waals surface area contributed by atoms with E-state index in [1.807, 2.05) is 18.2 Å². The number of aromatic nitrogens is 1. The van der Waals surface area contributed by atoms with Crippen LogP contribution >= 0.6 is 34.7 Å². The number of amides is 2. The molecule has 0 saturated carbocycles. The quantitative estimate of drug-likeness (QED) is 0.297. The summed E-state index contributed by atoms with van der Waals surface area (Å²) in [5.41, 5.74) is 1.94. The number of methoxy groups -OCH3 is 1. The predicted molar refractivity (Wildman–Crippen MR) is 148 cm³/mol. The number of carbonyl (C=O) groups excluding carboxylic acids is 2. The maximum atomic E-state index is 13.8. The molecule has 0 radical (unpaired) electrons. The molecule has 0 bridgehead atoms. The molecule has 3 unspecified atom stereocenters. The summed E-state index contributed by atoms with van der Waals surface area (Å²) in [7, 11) is 1.52. The lowest BCUT2D eigenvalue weighted by Gasteiger charge is -2.30. The van der Waals surface area contributed by atoms with Crippen LogP contribution in [-0.4, -0.2) is 29.2 Å². The molecule has 3 atom stereocenters. The highest BCUT2D eigenvalue weighted by Crippen LogP contribution is 2.53. The van der Waals surface area contributed by atoms with Gasteiger partial charge >= 0.3 is 4.87 Å². The number of hydrogen-bond acceptors (Lipinski definition) is 7. The number of hydrogen-bond donors (Lipinski definition) is 1. The van der Waals surface area contributed by atoms with Crippen molar-refractivity contribution in [2.75, 3.05) is 12.0 Å². The Morgan fingerprint density at radius 1 is 0.974 bits per heavy atom. The zero-order valence-electron chi connectivity index (χ0n) is 20.4. The van der Waals surface area contributed by atoms with Gasteiger partial charge in [0.1, 0.15) is 17.7 Å². The van der Waals surface area contributed by atoms with Crippen molar-refractivity contribution >= 4 is 52.2 Å². The van der Waals surface area contributed by atoms with Crippen LogP contribution in [0.1, 0.15) is 21.9 Å². The SMILES string of the molecule is COc1cc(C2c3sc(=O)[nH]c3SC3C(=O)N(c4ccc(F)cc4)C(=O)C32)ccc1OCc1ccc(Cl)cc1. The number of halogens is 2. The normalized spacial score (nSPS) is 20.1. The predicted octanol–water partition coefficient (Wildman–Crippen LogP) is 5.61. The Morgan fingerprint density at radius 2 is 1.72 bits per heavy atom. The van der Waals surface area contributed by atoms with Gasteiger partial charge in [-0.15, -0.1) is 0 Å². The van der Waals surface area contributed by atoms with Crippen LogP contribution in [0.2, 0.25) is 5.02 Å². The summed E-state index contributed by atoms with van der Waals surface area (Å²) in [6.45, 7) is 0.292. The summed E-state index contributed by atoms with van der Waals surface area (Å²) in [5, 5.41) is 0.450. The van der Waals surface area contributed by atoms with Gasteiger partial charge in [0, 0.05) is 15.8 Å². The van der Waals surface area contributed by atoms with Crippen molar-refractivity contribution in [2.45, 2.75) is 22.8 Å². The molecule has 198 valence electrons. The van der Waals surface area contributed by atoms with E-state index >= 15 is 0 Å². The first-order valence-corrected chi connectivity index (χ1v) is 14.0. The van der Waals surface area contributed by atoms with E-state index in [2.05, 4.69) is 4.98 Å². The van der Waals surface area contributed by atoms with E-state index in [1.165, 1.54) is 43.1 Å². The molecule has 4 aromatic rings. The first kappa shape index (κ1) is 25.7. The van der Waals surface area contributed by atoms with Crippen LogP contribution in [0.5, 0.6) is 11.5 Å². The Balaban J connectivity index is 1.37. The molecule has 1 saturated heterocycles. The smallest absolute Gasteiger partial charge is 0.305 e. The second kappa shape index (κ2) is 10.2. The average Bonchev–Trinajstić information content (AvgIpc) is 3.43. The number of nitrogens with zero attached hydrogens (tertiary/aromatic N) is 1.